The minimum absolute atomic E-state index is 0.0492. The lowest BCUT2D eigenvalue weighted by Crippen LogP contribution is -2.10. The molecule has 1 radical (unpaired) electrons. The standard InChI is InChI=1S/C9H11N2O/c1-10-9(12)3-2-8-4-6-11-7-5-8/h4-7H,2-3H2,1H3. The SMILES string of the molecule is C[N]C(=O)CCc1ccncc1. The molecular weight excluding hydrogens is 152 g/mol. The molecule has 0 N–H and O–H groups in total. The van der Waals surface area contributed by atoms with Gasteiger partial charge in [-0.3, -0.25) is 15.1 Å². The molecule has 0 aliphatic rings. The number of aryl methyl sites for hydroxylation is 1. The number of carbonyl (C=O) groups is 1. The molecule has 0 aromatic carbocycles. The van der Waals surface area contributed by atoms with Crippen molar-refractivity contribution in [2.45, 2.75) is 12.8 Å². The van der Waals surface area contributed by atoms with Crippen LogP contribution >= 0.6 is 0 Å². The number of hydrogen-bond donors (Lipinski definition) is 0. The van der Waals surface area contributed by atoms with Crippen LogP contribution < -0.4 is 5.32 Å². The highest BCUT2D eigenvalue weighted by atomic mass is 16.1. The monoisotopic (exact) mass is 163 g/mol. The van der Waals surface area contributed by atoms with E-state index in [1.807, 2.05) is 12.1 Å². The fourth-order valence-electron chi connectivity index (χ4n) is 0.913. The minimum atomic E-state index is -0.0492. The Morgan fingerprint density at radius 1 is 1.50 bits per heavy atom. The molecule has 0 atom stereocenters. The predicted molar refractivity (Wildman–Crippen MR) is 45.6 cm³/mol. The summed E-state index contributed by atoms with van der Waals surface area (Å²) in [6, 6.07) is 3.81. The molecule has 0 spiro atoms. The highest BCUT2D eigenvalue weighted by Crippen LogP contribution is 2.00. The first-order chi connectivity index (χ1) is 5.83. The summed E-state index contributed by atoms with van der Waals surface area (Å²) in [4.78, 5) is 14.7. The molecule has 0 aliphatic carbocycles. The zero-order chi connectivity index (χ0) is 8.81. The van der Waals surface area contributed by atoms with Gasteiger partial charge in [0.1, 0.15) is 0 Å². The van der Waals surface area contributed by atoms with E-state index in [0.29, 0.717) is 6.42 Å². The number of amides is 1. The van der Waals surface area contributed by atoms with Crippen molar-refractivity contribution in [3.05, 3.63) is 30.1 Å². The van der Waals surface area contributed by atoms with Gasteiger partial charge in [0.15, 0.2) is 0 Å². The number of nitrogens with zero attached hydrogens (tertiary/aromatic N) is 2. The van der Waals surface area contributed by atoms with Gasteiger partial charge in [-0.25, -0.2) is 0 Å². The smallest absolute Gasteiger partial charge is 0.241 e. The third-order valence-corrected chi connectivity index (χ3v) is 1.63. The van der Waals surface area contributed by atoms with E-state index in [9.17, 15) is 4.79 Å². The molecule has 63 valence electrons. The maximum absolute atomic E-state index is 10.8. The Balaban J connectivity index is 2.38. The molecule has 3 nitrogen and oxygen atoms in total. The molecule has 0 saturated carbocycles. The summed E-state index contributed by atoms with van der Waals surface area (Å²) in [7, 11) is 1.52. The number of aromatic nitrogens is 1. The lowest BCUT2D eigenvalue weighted by molar-refractivity contribution is -0.120. The van der Waals surface area contributed by atoms with Crippen LogP contribution in [0.25, 0.3) is 0 Å². The number of hydrogen-bond acceptors (Lipinski definition) is 2. The topological polar surface area (TPSA) is 44.1 Å². The quantitative estimate of drug-likeness (QED) is 0.660. The van der Waals surface area contributed by atoms with Crippen molar-refractivity contribution in [1.29, 1.82) is 0 Å². The van der Waals surface area contributed by atoms with Crippen LogP contribution in [0.15, 0.2) is 24.5 Å². The van der Waals surface area contributed by atoms with E-state index < -0.39 is 0 Å². The van der Waals surface area contributed by atoms with Crippen molar-refractivity contribution in [3.63, 3.8) is 0 Å². The number of pyridine rings is 1. The third kappa shape index (κ3) is 2.70. The Bertz CT molecular complexity index is 246. The van der Waals surface area contributed by atoms with Gasteiger partial charge in [0.2, 0.25) is 5.91 Å². The number of rotatable bonds is 3. The van der Waals surface area contributed by atoms with Crippen molar-refractivity contribution in [2.24, 2.45) is 0 Å². The van der Waals surface area contributed by atoms with Gasteiger partial charge in [-0.05, 0) is 24.1 Å². The van der Waals surface area contributed by atoms with Crippen LogP contribution in [0, 0.1) is 0 Å². The molecule has 1 aromatic rings. The largest absolute Gasteiger partial charge is 0.273 e. The lowest BCUT2D eigenvalue weighted by Gasteiger charge is -1.97. The van der Waals surface area contributed by atoms with Crippen LogP contribution in [0.5, 0.6) is 0 Å². The average molecular weight is 163 g/mol. The fourth-order valence-corrected chi connectivity index (χ4v) is 0.913. The zero-order valence-electron chi connectivity index (χ0n) is 7.03. The van der Waals surface area contributed by atoms with Crippen LogP contribution in [0.1, 0.15) is 12.0 Å². The van der Waals surface area contributed by atoms with E-state index >= 15 is 0 Å². The summed E-state index contributed by atoms with van der Waals surface area (Å²) in [5.41, 5.74) is 1.13. The Labute approximate surface area is 71.8 Å². The molecule has 0 fully saturated rings. The van der Waals surface area contributed by atoms with Gasteiger partial charge >= 0.3 is 0 Å². The minimum Gasteiger partial charge on any atom is -0.273 e. The van der Waals surface area contributed by atoms with Gasteiger partial charge in [-0.1, -0.05) is 0 Å². The van der Waals surface area contributed by atoms with Gasteiger partial charge in [-0.15, -0.1) is 0 Å². The summed E-state index contributed by atoms with van der Waals surface area (Å²) in [6.45, 7) is 0. The van der Waals surface area contributed by atoms with Gasteiger partial charge in [0, 0.05) is 25.9 Å². The number of carbonyl (C=O) groups excluding carboxylic acids is 1. The first kappa shape index (κ1) is 8.71. The average Bonchev–Trinajstić information content (AvgIpc) is 2.16. The Morgan fingerprint density at radius 2 is 2.17 bits per heavy atom. The van der Waals surface area contributed by atoms with Crippen LogP contribution in [-0.4, -0.2) is 17.9 Å². The summed E-state index contributed by atoms with van der Waals surface area (Å²) in [6.07, 6.45) is 4.69. The van der Waals surface area contributed by atoms with E-state index in [0.717, 1.165) is 12.0 Å². The second-order valence-corrected chi connectivity index (χ2v) is 2.47. The van der Waals surface area contributed by atoms with Crippen LogP contribution in [0.3, 0.4) is 0 Å². The molecule has 1 rings (SSSR count). The molecule has 1 heterocycles. The molecule has 0 saturated heterocycles. The van der Waals surface area contributed by atoms with Crippen LogP contribution in [0.2, 0.25) is 0 Å². The van der Waals surface area contributed by atoms with Gasteiger partial charge in [0.25, 0.3) is 0 Å². The van der Waals surface area contributed by atoms with E-state index in [-0.39, 0.29) is 5.91 Å². The van der Waals surface area contributed by atoms with Crippen molar-refractivity contribution < 1.29 is 4.79 Å². The molecule has 1 amide bonds. The van der Waals surface area contributed by atoms with E-state index in [1.165, 1.54) is 7.05 Å². The lowest BCUT2D eigenvalue weighted by atomic mass is 10.1. The first-order valence-electron chi connectivity index (χ1n) is 3.84. The molecule has 0 aliphatic heterocycles. The van der Waals surface area contributed by atoms with Crippen molar-refractivity contribution in [3.8, 4) is 0 Å². The molecule has 0 unspecified atom stereocenters. The van der Waals surface area contributed by atoms with Crippen molar-refractivity contribution in [2.75, 3.05) is 7.05 Å². The van der Waals surface area contributed by atoms with Gasteiger partial charge in [-0.2, -0.15) is 0 Å². The molecular formula is C9H11N2O. The van der Waals surface area contributed by atoms with Crippen molar-refractivity contribution in [1.82, 2.24) is 10.3 Å². The predicted octanol–water partition coefficient (Wildman–Crippen LogP) is 0.775. The molecule has 1 aromatic heterocycles. The third-order valence-electron chi connectivity index (χ3n) is 1.63. The molecule has 0 bridgehead atoms. The second kappa shape index (κ2) is 4.49. The van der Waals surface area contributed by atoms with Gasteiger partial charge < -0.3 is 0 Å². The van der Waals surface area contributed by atoms with Gasteiger partial charge in [0.05, 0.1) is 0 Å². The second-order valence-electron chi connectivity index (χ2n) is 2.47. The maximum atomic E-state index is 10.8. The highest BCUT2D eigenvalue weighted by molar-refractivity contribution is 5.75. The first-order valence-corrected chi connectivity index (χ1v) is 3.84. The Kier molecular flexibility index (Phi) is 3.26. The van der Waals surface area contributed by atoms with E-state index in [1.54, 1.807) is 12.4 Å². The summed E-state index contributed by atoms with van der Waals surface area (Å²) in [5, 5.41) is 3.55. The summed E-state index contributed by atoms with van der Waals surface area (Å²) in [5.74, 6) is -0.0492. The highest BCUT2D eigenvalue weighted by Gasteiger charge is 1.99. The van der Waals surface area contributed by atoms with Crippen molar-refractivity contribution >= 4 is 5.91 Å². The summed E-state index contributed by atoms with van der Waals surface area (Å²) < 4.78 is 0. The summed E-state index contributed by atoms with van der Waals surface area (Å²) >= 11 is 0. The van der Waals surface area contributed by atoms with Crippen LogP contribution in [0.4, 0.5) is 0 Å². The molecule has 3 heteroatoms. The Hall–Kier alpha value is -1.38. The normalized spacial score (nSPS) is 9.42. The Morgan fingerprint density at radius 3 is 2.75 bits per heavy atom. The van der Waals surface area contributed by atoms with Crippen LogP contribution in [-0.2, 0) is 11.2 Å². The fraction of sp³-hybridized carbons (Fsp3) is 0.333. The molecule has 12 heavy (non-hydrogen) atoms. The van der Waals surface area contributed by atoms with E-state index in [2.05, 4.69) is 10.3 Å². The zero-order valence-corrected chi connectivity index (χ0v) is 7.03. The van der Waals surface area contributed by atoms with E-state index in [4.69, 9.17) is 0 Å². The maximum Gasteiger partial charge on any atom is 0.241 e.